The van der Waals surface area contributed by atoms with Gasteiger partial charge in [0.15, 0.2) is 5.82 Å². The first-order chi connectivity index (χ1) is 15.0. The lowest BCUT2D eigenvalue weighted by Crippen LogP contribution is -2.36. The molecule has 1 aromatic carbocycles. The molecule has 1 aromatic heterocycles. The van der Waals surface area contributed by atoms with Crippen LogP contribution >= 0.6 is 11.6 Å². The summed E-state index contributed by atoms with van der Waals surface area (Å²) in [6.07, 6.45) is 3.47. The van der Waals surface area contributed by atoms with Gasteiger partial charge in [-0.25, -0.2) is 23.5 Å². The molecule has 0 aliphatic heterocycles. The van der Waals surface area contributed by atoms with E-state index in [2.05, 4.69) is 26.3 Å². The lowest BCUT2D eigenvalue weighted by atomic mass is 9.74. The quantitative estimate of drug-likeness (QED) is 0.578. The molecule has 32 heavy (non-hydrogen) atoms. The van der Waals surface area contributed by atoms with Crippen molar-refractivity contribution in [1.29, 1.82) is 5.26 Å². The van der Waals surface area contributed by atoms with Gasteiger partial charge in [0.2, 0.25) is 16.0 Å². The molecule has 2 aromatic rings. The molecule has 0 bridgehead atoms. The maximum absolute atomic E-state index is 11.5. The van der Waals surface area contributed by atoms with E-state index < -0.39 is 10.0 Å². The Labute approximate surface area is 192 Å². The largest absolute Gasteiger partial charge is 0.393 e. The van der Waals surface area contributed by atoms with Gasteiger partial charge in [-0.05, 0) is 48.8 Å². The van der Waals surface area contributed by atoms with Crippen molar-refractivity contribution in [2.24, 2.45) is 15.5 Å². The van der Waals surface area contributed by atoms with E-state index >= 15 is 0 Å². The number of benzene rings is 1. The maximum Gasteiger partial charge on any atom is 0.239 e. The summed E-state index contributed by atoms with van der Waals surface area (Å²) in [5.74, 6) is 0.624. The molecule has 0 spiro atoms. The van der Waals surface area contributed by atoms with E-state index in [4.69, 9.17) is 16.7 Å². The maximum atomic E-state index is 11.5. The molecule has 0 amide bonds. The first kappa shape index (κ1) is 24.1. The number of primary sulfonamides is 1. The smallest absolute Gasteiger partial charge is 0.239 e. The van der Waals surface area contributed by atoms with E-state index in [-0.39, 0.29) is 27.0 Å². The van der Waals surface area contributed by atoms with Gasteiger partial charge in [0.05, 0.1) is 17.3 Å². The van der Waals surface area contributed by atoms with Gasteiger partial charge < -0.3 is 10.4 Å². The van der Waals surface area contributed by atoms with Crippen molar-refractivity contribution in [3.05, 3.63) is 40.5 Å². The SMILES string of the molecule is CC1(C)CC(=Nc2nc(NCCc3ccc(S(N)(=O)=O)c(Cl)c3)ncc2C#N)CC[C@@H]1O. The number of aliphatic hydroxyl groups excluding tert-OH is 1. The molecule has 1 heterocycles. The summed E-state index contributed by atoms with van der Waals surface area (Å²) < 4.78 is 22.9. The lowest BCUT2D eigenvalue weighted by molar-refractivity contribution is 0.0405. The van der Waals surface area contributed by atoms with Crippen molar-refractivity contribution >= 4 is 39.1 Å². The van der Waals surface area contributed by atoms with Gasteiger partial charge >= 0.3 is 0 Å². The molecule has 0 saturated heterocycles. The van der Waals surface area contributed by atoms with Crippen LogP contribution in [0.2, 0.25) is 5.02 Å². The fraction of sp³-hybridized carbons (Fsp3) is 0.429. The van der Waals surface area contributed by atoms with Crippen molar-refractivity contribution in [3.8, 4) is 6.07 Å². The Hall–Kier alpha value is -2.58. The Balaban J connectivity index is 1.70. The van der Waals surface area contributed by atoms with Crippen LogP contribution < -0.4 is 10.5 Å². The topological polar surface area (TPSA) is 154 Å². The lowest BCUT2D eigenvalue weighted by Gasteiger charge is -2.35. The number of aliphatic imine (C=N–C) groups is 1. The first-order valence-corrected chi connectivity index (χ1v) is 12.0. The summed E-state index contributed by atoms with van der Waals surface area (Å²) in [6, 6.07) is 6.64. The molecule has 1 aliphatic carbocycles. The molecule has 4 N–H and O–H groups in total. The van der Waals surface area contributed by atoms with E-state index in [0.29, 0.717) is 44.0 Å². The summed E-state index contributed by atoms with van der Waals surface area (Å²) in [6.45, 7) is 4.44. The molecular formula is C21H25ClN6O3S. The number of nitrogens with two attached hydrogens (primary N) is 1. The van der Waals surface area contributed by atoms with E-state index in [1.54, 1.807) is 12.1 Å². The average Bonchev–Trinajstić information content (AvgIpc) is 2.70. The molecular weight excluding hydrogens is 452 g/mol. The highest BCUT2D eigenvalue weighted by atomic mass is 35.5. The zero-order valence-electron chi connectivity index (χ0n) is 17.8. The first-order valence-electron chi connectivity index (χ1n) is 10.1. The van der Waals surface area contributed by atoms with Gasteiger partial charge in [0, 0.05) is 12.3 Å². The number of rotatable bonds is 6. The summed E-state index contributed by atoms with van der Waals surface area (Å²) in [4.78, 5) is 13.0. The normalized spacial score (nSPS) is 19.5. The summed E-state index contributed by atoms with van der Waals surface area (Å²) >= 11 is 6.02. The molecule has 9 nitrogen and oxygen atoms in total. The predicted molar refractivity (Wildman–Crippen MR) is 122 cm³/mol. The van der Waals surface area contributed by atoms with E-state index in [1.165, 1.54) is 12.3 Å². The van der Waals surface area contributed by atoms with Gasteiger partial charge in [0.25, 0.3) is 0 Å². The van der Waals surface area contributed by atoms with Crippen molar-refractivity contribution in [1.82, 2.24) is 9.97 Å². The highest BCUT2D eigenvalue weighted by Gasteiger charge is 2.33. The molecule has 170 valence electrons. The Morgan fingerprint density at radius 1 is 1.44 bits per heavy atom. The second-order valence-corrected chi connectivity index (χ2v) is 10.4. The van der Waals surface area contributed by atoms with Crippen LogP contribution in [0.4, 0.5) is 11.8 Å². The fourth-order valence-electron chi connectivity index (χ4n) is 3.54. The Morgan fingerprint density at radius 3 is 2.81 bits per heavy atom. The fourth-order valence-corrected chi connectivity index (χ4v) is 4.66. The molecule has 1 fully saturated rings. The number of sulfonamides is 1. The highest BCUT2D eigenvalue weighted by molar-refractivity contribution is 7.89. The van der Waals surface area contributed by atoms with Crippen molar-refractivity contribution in [2.45, 2.75) is 50.5 Å². The second-order valence-electron chi connectivity index (χ2n) is 8.43. The van der Waals surface area contributed by atoms with Gasteiger partial charge in [-0.15, -0.1) is 0 Å². The van der Waals surface area contributed by atoms with Gasteiger partial charge in [-0.1, -0.05) is 31.5 Å². The van der Waals surface area contributed by atoms with E-state index in [1.807, 2.05) is 13.8 Å². The Morgan fingerprint density at radius 2 is 2.19 bits per heavy atom. The van der Waals surface area contributed by atoms with E-state index in [0.717, 1.165) is 11.3 Å². The molecule has 3 rings (SSSR count). The third kappa shape index (κ3) is 5.81. The third-order valence-electron chi connectivity index (χ3n) is 5.42. The molecule has 11 heteroatoms. The van der Waals surface area contributed by atoms with Gasteiger partial charge in [-0.3, -0.25) is 0 Å². The van der Waals surface area contributed by atoms with Crippen molar-refractivity contribution < 1.29 is 13.5 Å². The zero-order valence-corrected chi connectivity index (χ0v) is 19.4. The van der Waals surface area contributed by atoms with Crippen LogP contribution in [0.15, 0.2) is 34.3 Å². The number of aromatic nitrogens is 2. The highest BCUT2D eigenvalue weighted by Crippen LogP contribution is 2.35. The van der Waals surface area contributed by atoms with Crippen LogP contribution in [-0.4, -0.2) is 41.9 Å². The van der Waals surface area contributed by atoms with Crippen molar-refractivity contribution in [3.63, 3.8) is 0 Å². The van der Waals surface area contributed by atoms with Crippen molar-refractivity contribution in [2.75, 3.05) is 11.9 Å². The molecule has 1 atom stereocenters. The number of hydrogen-bond donors (Lipinski definition) is 3. The average molecular weight is 477 g/mol. The second kappa shape index (κ2) is 9.50. The number of hydrogen-bond acceptors (Lipinski definition) is 8. The Kier molecular flexibility index (Phi) is 7.15. The summed E-state index contributed by atoms with van der Waals surface area (Å²) in [7, 11) is -3.87. The standard InChI is InChI=1S/C21H25ClN6O3S/c1-21(2)10-15(4-6-18(21)29)27-19-14(11-23)12-26-20(28-19)25-8-7-13-3-5-17(16(22)9-13)32(24,30)31/h3,5,9,12,18,29H,4,6-8,10H2,1-2H3,(H2,24,30,31)(H,25,26,28)/t18-/m0/s1. The zero-order chi connectivity index (χ0) is 23.5. The number of nitriles is 1. The predicted octanol–water partition coefficient (Wildman–Crippen LogP) is 2.95. The summed E-state index contributed by atoms with van der Waals surface area (Å²) in [5.41, 5.74) is 1.70. The van der Waals surface area contributed by atoms with E-state index in [9.17, 15) is 18.8 Å². The molecule has 0 radical (unpaired) electrons. The van der Waals surface area contributed by atoms with Crippen LogP contribution in [-0.2, 0) is 16.4 Å². The van der Waals surface area contributed by atoms with Crippen LogP contribution in [0.3, 0.4) is 0 Å². The molecule has 1 aliphatic rings. The van der Waals surface area contributed by atoms with Gasteiger partial charge in [0.1, 0.15) is 16.5 Å². The third-order valence-corrected chi connectivity index (χ3v) is 6.81. The Bertz CT molecular complexity index is 1190. The van der Waals surface area contributed by atoms with Crippen LogP contribution in [0.5, 0.6) is 0 Å². The molecule has 0 unspecified atom stereocenters. The summed E-state index contributed by atoms with van der Waals surface area (Å²) in [5, 5.41) is 27.8. The van der Waals surface area contributed by atoms with Crippen LogP contribution in [0, 0.1) is 16.7 Å². The number of halogens is 1. The van der Waals surface area contributed by atoms with Gasteiger partial charge in [-0.2, -0.15) is 10.2 Å². The number of anilines is 1. The van der Waals surface area contributed by atoms with Crippen LogP contribution in [0.1, 0.15) is 44.2 Å². The van der Waals surface area contributed by atoms with Crippen LogP contribution in [0.25, 0.3) is 0 Å². The number of aliphatic hydroxyl groups is 1. The minimum absolute atomic E-state index is 0.0678. The molecule has 1 saturated carbocycles. The minimum atomic E-state index is -3.87. The number of nitrogens with zero attached hydrogens (tertiary/aromatic N) is 4. The number of nitrogens with one attached hydrogen (secondary N) is 1. The monoisotopic (exact) mass is 476 g/mol. The minimum Gasteiger partial charge on any atom is -0.393 e.